The van der Waals surface area contributed by atoms with Crippen LogP contribution in [0.25, 0.3) is 0 Å². The van der Waals surface area contributed by atoms with E-state index in [2.05, 4.69) is 5.32 Å². The molecule has 0 saturated carbocycles. The summed E-state index contributed by atoms with van der Waals surface area (Å²) in [5.74, 6) is -0.415. The number of amides is 1. The van der Waals surface area contributed by atoms with Gasteiger partial charge in [-0.1, -0.05) is 12.1 Å². The number of nitrogens with one attached hydrogen (secondary N) is 1. The summed E-state index contributed by atoms with van der Waals surface area (Å²) < 4.78 is 37.3. The third-order valence-electron chi connectivity index (χ3n) is 2.18. The summed E-state index contributed by atoms with van der Waals surface area (Å²) in [5, 5.41) is 11.4. The number of halogens is 3. The van der Waals surface area contributed by atoms with Crippen LogP contribution in [0.15, 0.2) is 24.3 Å². The van der Waals surface area contributed by atoms with Crippen molar-refractivity contribution in [2.24, 2.45) is 0 Å². The smallest absolute Gasteiger partial charge is 0.394 e. The van der Waals surface area contributed by atoms with Crippen molar-refractivity contribution in [1.29, 1.82) is 0 Å². The van der Waals surface area contributed by atoms with Crippen LogP contribution in [0.4, 0.5) is 13.2 Å². The molecule has 1 atom stereocenters. The fourth-order valence-corrected chi connectivity index (χ4v) is 1.41. The average molecular weight is 247 g/mol. The topological polar surface area (TPSA) is 49.3 Å². The summed E-state index contributed by atoms with van der Waals surface area (Å²) >= 11 is 0. The molecule has 3 nitrogen and oxygen atoms in total. The normalized spacial score (nSPS) is 13.2. The number of aliphatic hydroxyl groups is 1. The molecule has 0 spiro atoms. The van der Waals surface area contributed by atoms with Crippen LogP contribution >= 0.6 is 0 Å². The lowest BCUT2D eigenvalue weighted by atomic mass is 10.0. The fourth-order valence-electron chi connectivity index (χ4n) is 1.41. The number of aliphatic hydroxyl groups excluding tert-OH is 1. The Hall–Kier alpha value is -1.56. The van der Waals surface area contributed by atoms with E-state index in [-0.39, 0.29) is 5.56 Å². The van der Waals surface area contributed by atoms with Gasteiger partial charge in [0.15, 0.2) is 0 Å². The summed E-state index contributed by atoms with van der Waals surface area (Å²) in [6, 6.07) is 3.69. The zero-order valence-electron chi connectivity index (χ0n) is 9.08. The zero-order chi connectivity index (χ0) is 13.1. The highest BCUT2D eigenvalue weighted by Crippen LogP contribution is 2.30. The second-order valence-electron chi connectivity index (χ2n) is 3.56. The molecule has 0 bridgehead atoms. The van der Waals surface area contributed by atoms with Crippen molar-refractivity contribution in [1.82, 2.24) is 5.32 Å². The summed E-state index contributed by atoms with van der Waals surface area (Å²) in [5.41, 5.74) is -0.587. The molecule has 1 rings (SSSR count). The molecule has 0 aliphatic heterocycles. The van der Waals surface area contributed by atoms with E-state index in [9.17, 15) is 18.0 Å². The van der Waals surface area contributed by atoms with Gasteiger partial charge in [0, 0.05) is 6.92 Å². The number of carbonyl (C=O) groups excluding carboxylic acids is 1. The van der Waals surface area contributed by atoms with Gasteiger partial charge in [-0.3, -0.25) is 4.79 Å². The highest BCUT2D eigenvalue weighted by molar-refractivity contribution is 5.73. The first-order valence-corrected chi connectivity index (χ1v) is 4.89. The first-order chi connectivity index (χ1) is 7.84. The molecule has 0 aliphatic rings. The Balaban J connectivity index is 3.01. The van der Waals surface area contributed by atoms with E-state index in [1.807, 2.05) is 0 Å². The fraction of sp³-hybridized carbons (Fsp3) is 0.364. The van der Waals surface area contributed by atoms with E-state index < -0.39 is 30.3 Å². The first-order valence-electron chi connectivity index (χ1n) is 4.89. The van der Waals surface area contributed by atoms with Crippen LogP contribution in [0.2, 0.25) is 0 Å². The monoisotopic (exact) mass is 247 g/mol. The quantitative estimate of drug-likeness (QED) is 0.856. The molecule has 0 heterocycles. The van der Waals surface area contributed by atoms with Crippen molar-refractivity contribution in [2.45, 2.75) is 19.1 Å². The molecule has 2 N–H and O–H groups in total. The number of hydrogen-bond donors (Lipinski definition) is 2. The molecule has 0 saturated heterocycles. The molecule has 94 valence electrons. The molecule has 6 heteroatoms. The lowest BCUT2D eigenvalue weighted by molar-refractivity contribution is -0.137. The van der Waals surface area contributed by atoms with Crippen LogP contribution in [-0.2, 0) is 11.0 Å². The molecule has 0 aliphatic carbocycles. The minimum absolute atomic E-state index is 0.220. The highest BCUT2D eigenvalue weighted by atomic mass is 19.4. The minimum Gasteiger partial charge on any atom is -0.394 e. The molecule has 0 unspecified atom stereocenters. The molecule has 0 fully saturated rings. The van der Waals surface area contributed by atoms with Crippen molar-refractivity contribution >= 4 is 5.91 Å². The number of benzene rings is 1. The average Bonchev–Trinajstić information content (AvgIpc) is 2.24. The van der Waals surface area contributed by atoms with Crippen LogP contribution in [0.1, 0.15) is 24.1 Å². The molecule has 0 aromatic heterocycles. The number of carbonyl (C=O) groups is 1. The number of alkyl halides is 3. The third kappa shape index (κ3) is 3.74. The Kier molecular flexibility index (Phi) is 4.11. The molecule has 1 aromatic rings. The van der Waals surface area contributed by atoms with E-state index in [1.54, 1.807) is 0 Å². The number of hydrogen-bond acceptors (Lipinski definition) is 2. The Labute approximate surface area is 96.3 Å². The molecule has 1 amide bonds. The van der Waals surface area contributed by atoms with Gasteiger partial charge in [-0.2, -0.15) is 13.2 Å². The summed E-state index contributed by atoms with van der Waals surface area (Å²) in [6.07, 6.45) is -4.44. The second kappa shape index (κ2) is 5.18. The van der Waals surface area contributed by atoms with Crippen molar-refractivity contribution in [3.63, 3.8) is 0 Å². The van der Waals surface area contributed by atoms with Gasteiger partial charge in [0.05, 0.1) is 18.2 Å². The lowest BCUT2D eigenvalue weighted by Gasteiger charge is -2.17. The minimum atomic E-state index is -4.44. The van der Waals surface area contributed by atoms with E-state index in [0.29, 0.717) is 0 Å². The van der Waals surface area contributed by atoms with Crippen LogP contribution in [0.5, 0.6) is 0 Å². The maximum absolute atomic E-state index is 12.4. The zero-order valence-corrected chi connectivity index (χ0v) is 9.08. The van der Waals surface area contributed by atoms with E-state index in [4.69, 9.17) is 5.11 Å². The van der Waals surface area contributed by atoms with Gasteiger partial charge in [-0.15, -0.1) is 0 Å². The van der Waals surface area contributed by atoms with Crippen molar-refractivity contribution in [3.05, 3.63) is 35.4 Å². The van der Waals surface area contributed by atoms with Gasteiger partial charge in [0.25, 0.3) is 0 Å². The van der Waals surface area contributed by atoms with Gasteiger partial charge in [-0.05, 0) is 17.7 Å². The maximum atomic E-state index is 12.4. The Morgan fingerprint density at radius 1 is 1.47 bits per heavy atom. The van der Waals surface area contributed by atoms with Crippen molar-refractivity contribution in [2.75, 3.05) is 6.61 Å². The van der Waals surface area contributed by atoms with E-state index in [0.717, 1.165) is 12.1 Å². The Morgan fingerprint density at radius 3 is 2.59 bits per heavy atom. The van der Waals surface area contributed by atoms with Gasteiger partial charge in [0.1, 0.15) is 0 Å². The molecular weight excluding hydrogens is 235 g/mol. The van der Waals surface area contributed by atoms with Gasteiger partial charge in [-0.25, -0.2) is 0 Å². The Morgan fingerprint density at radius 2 is 2.12 bits per heavy atom. The second-order valence-corrected chi connectivity index (χ2v) is 3.56. The van der Waals surface area contributed by atoms with Gasteiger partial charge >= 0.3 is 6.18 Å². The first kappa shape index (κ1) is 13.5. The summed E-state index contributed by atoms with van der Waals surface area (Å²) in [7, 11) is 0. The SMILES string of the molecule is CC(=O)N[C@H](CO)c1cccc(C(F)(F)F)c1. The summed E-state index contributed by atoms with van der Waals surface area (Å²) in [6.45, 7) is 0.775. The van der Waals surface area contributed by atoms with Gasteiger partial charge in [0.2, 0.25) is 5.91 Å². The molecule has 1 aromatic carbocycles. The predicted octanol–water partition coefficient (Wildman–Crippen LogP) is 1.87. The largest absolute Gasteiger partial charge is 0.416 e. The van der Waals surface area contributed by atoms with Crippen LogP contribution in [0.3, 0.4) is 0 Å². The Bertz CT molecular complexity index is 404. The summed E-state index contributed by atoms with van der Waals surface area (Å²) in [4.78, 5) is 10.8. The maximum Gasteiger partial charge on any atom is 0.416 e. The third-order valence-corrected chi connectivity index (χ3v) is 2.18. The predicted molar refractivity (Wildman–Crippen MR) is 55.1 cm³/mol. The van der Waals surface area contributed by atoms with E-state index in [1.165, 1.54) is 19.1 Å². The standard InChI is InChI=1S/C11H12F3NO2/c1-7(17)15-10(6-16)8-3-2-4-9(5-8)11(12,13)14/h2-5,10,16H,6H2,1H3,(H,15,17)/t10-/m1/s1. The lowest BCUT2D eigenvalue weighted by Crippen LogP contribution is -2.28. The van der Waals surface area contributed by atoms with Crippen LogP contribution in [-0.4, -0.2) is 17.6 Å². The molecule has 0 radical (unpaired) electrons. The van der Waals surface area contributed by atoms with Crippen molar-refractivity contribution < 1.29 is 23.1 Å². The van der Waals surface area contributed by atoms with E-state index >= 15 is 0 Å². The molecule has 17 heavy (non-hydrogen) atoms. The van der Waals surface area contributed by atoms with Crippen molar-refractivity contribution in [3.8, 4) is 0 Å². The number of rotatable bonds is 3. The molecular formula is C11H12F3NO2. The van der Waals surface area contributed by atoms with Crippen LogP contribution < -0.4 is 5.32 Å². The van der Waals surface area contributed by atoms with Crippen LogP contribution in [0, 0.1) is 0 Å². The van der Waals surface area contributed by atoms with Gasteiger partial charge < -0.3 is 10.4 Å². The highest BCUT2D eigenvalue weighted by Gasteiger charge is 2.30.